The Kier molecular flexibility index (Phi) is 12.8. The van der Waals surface area contributed by atoms with Gasteiger partial charge in [-0.25, -0.2) is 18.5 Å². The molecular weight excluding hydrogens is 741 g/mol. The number of nitrogens with zero attached hydrogens (tertiary/aromatic N) is 2. The number of aliphatic hydroxyl groups excluding tert-OH is 3. The van der Waals surface area contributed by atoms with Gasteiger partial charge in [0.1, 0.15) is 24.2 Å². The third-order valence-electron chi connectivity index (χ3n) is 7.68. The Labute approximate surface area is 281 Å². The summed E-state index contributed by atoms with van der Waals surface area (Å²) in [5.41, 5.74) is -1.16. The van der Waals surface area contributed by atoms with E-state index < -0.39 is 103 Å². The number of nitrogens with one attached hydrogen (secondary N) is 2. The minimum Gasteiger partial charge on any atom is -0.506 e. The van der Waals surface area contributed by atoms with E-state index in [0.29, 0.717) is 0 Å². The van der Waals surface area contributed by atoms with Gasteiger partial charge in [0.15, 0.2) is 6.29 Å². The summed E-state index contributed by atoms with van der Waals surface area (Å²) in [5.74, 6) is -0.403. The number of rotatable bonds is 14. The van der Waals surface area contributed by atoms with Gasteiger partial charge in [0, 0.05) is 42.0 Å². The Morgan fingerprint density at radius 1 is 1.04 bits per heavy atom. The van der Waals surface area contributed by atoms with E-state index in [-0.39, 0.29) is 35.3 Å². The van der Waals surface area contributed by atoms with Crippen molar-refractivity contribution in [1.82, 2.24) is 19.9 Å². The lowest BCUT2D eigenvalue weighted by atomic mass is 9.96. The number of hydrogen-bond donors (Lipinski definition) is 10. The summed E-state index contributed by atoms with van der Waals surface area (Å²) in [6.07, 6.45) is -8.43. The molecule has 0 aromatic carbocycles. The van der Waals surface area contributed by atoms with Crippen molar-refractivity contribution >= 4 is 23.5 Å². The molecule has 2 aliphatic rings. The molecule has 0 aliphatic carbocycles. The maximum atomic E-state index is 12.8. The molecule has 4 rings (SSSR count). The molecule has 0 radical (unpaired) electrons. The van der Waals surface area contributed by atoms with E-state index in [1.165, 1.54) is 33.2 Å². The van der Waals surface area contributed by atoms with E-state index in [2.05, 4.69) is 24.1 Å². The van der Waals surface area contributed by atoms with Crippen molar-refractivity contribution in [3.63, 3.8) is 0 Å². The molecule has 0 saturated carbocycles. The average molecular weight is 778 g/mol. The zero-order valence-corrected chi connectivity index (χ0v) is 29.1. The number of pyridine rings is 1. The van der Waals surface area contributed by atoms with Crippen LogP contribution in [0.15, 0.2) is 22.0 Å². The first-order valence-electron chi connectivity index (χ1n) is 14.5. The molecule has 0 spiro atoms. The molecule has 0 amide bonds. The van der Waals surface area contributed by atoms with Crippen LogP contribution in [0.5, 0.6) is 5.75 Å². The first-order valence-corrected chi connectivity index (χ1v) is 19.1. The smallest absolute Gasteiger partial charge is 0.483 e. The van der Waals surface area contributed by atoms with Gasteiger partial charge >= 0.3 is 29.2 Å². The molecule has 23 nitrogen and oxygen atoms in total. The van der Waals surface area contributed by atoms with Crippen LogP contribution in [0.1, 0.15) is 42.0 Å². The quantitative estimate of drug-likeness (QED) is 0.0964. The summed E-state index contributed by atoms with van der Waals surface area (Å²) in [5, 5.41) is 45.2. The SMILES string of the molecule is Cc1ncc(COP(=O)(O)O)c(CN[C@H]2[C@@H](O)[C@@H](C)O[C@H](OP(=O)(O)OP(=O)(O)OC[C@H]3O[C@@H](n4cc(C)c(=O)[nH]c4=O)C[C@@H]3O)[C@@H]2O)c1O. The minimum absolute atomic E-state index is 0.0139. The van der Waals surface area contributed by atoms with Gasteiger partial charge in [-0.3, -0.25) is 32.9 Å². The fraction of sp³-hybridized carbons (Fsp3) is 0.625. The molecule has 2 fully saturated rings. The number of aliphatic hydroxyl groups is 3. The van der Waals surface area contributed by atoms with Gasteiger partial charge in [-0.2, -0.15) is 4.31 Å². The number of ether oxygens (including phenoxy) is 2. The lowest BCUT2D eigenvalue weighted by Crippen LogP contribution is -2.62. The summed E-state index contributed by atoms with van der Waals surface area (Å²) in [4.78, 5) is 68.3. The Morgan fingerprint density at radius 2 is 1.72 bits per heavy atom. The van der Waals surface area contributed by atoms with Gasteiger partial charge in [-0.15, -0.1) is 0 Å². The molecule has 26 heteroatoms. The Balaban J connectivity index is 1.38. The lowest BCUT2D eigenvalue weighted by molar-refractivity contribution is -0.245. The molecule has 2 saturated heterocycles. The van der Waals surface area contributed by atoms with E-state index >= 15 is 0 Å². The second-order valence-corrected chi connectivity index (χ2v) is 15.6. The van der Waals surface area contributed by atoms with Crippen LogP contribution in [0.3, 0.4) is 0 Å². The third kappa shape index (κ3) is 10.2. The molecule has 4 heterocycles. The molecule has 2 unspecified atom stereocenters. The zero-order chi connectivity index (χ0) is 37.3. The maximum Gasteiger partial charge on any atom is 0.483 e. The highest BCUT2D eigenvalue weighted by molar-refractivity contribution is 7.61. The average Bonchev–Trinajstić information content (AvgIpc) is 3.36. The van der Waals surface area contributed by atoms with Gasteiger partial charge in [-0.1, -0.05) is 0 Å². The third-order valence-corrected chi connectivity index (χ3v) is 10.7. The van der Waals surface area contributed by atoms with Crippen LogP contribution in [0.4, 0.5) is 0 Å². The van der Waals surface area contributed by atoms with Crippen molar-refractivity contribution in [2.45, 2.75) is 89.4 Å². The molecule has 0 bridgehead atoms. The maximum absolute atomic E-state index is 12.8. The van der Waals surface area contributed by atoms with Crippen LogP contribution in [0, 0.1) is 13.8 Å². The van der Waals surface area contributed by atoms with Crippen LogP contribution in [0.25, 0.3) is 0 Å². The topological polar surface area (TPSA) is 348 Å². The fourth-order valence-electron chi connectivity index (χ4n) is 5.05. The van der Waals surface area contributed by atoms with E-state index in [4.69, 9.17) is 28.3 Å². The van der Waals surface area contributed by atoms with E-state index in [1.54, 1.807) is 0 Å². The fourth-order valence-corrected chi connectivity index (χ4v) is 7.52. The van der Waals surface area contributed by atoms with Crippen LogP contribution < -0.4 is 16.6 Å². The monoisotopic (exact) mass is 778 g/mol. The molecule has 10 atom stereocenters. The number of phosphoric acid groups is 3. The van der Waals surface area contributed by atoms with Crippen LogP contribution in [0.2, 0.25) is 0 Å². The van der Waals surface area contributed by atoms with Crippen LogP contribution >= 0.6 is 23.5 Å². The number of aromatic amines is 1. The Hall–Kier alpha value is -2.24. The van der Waals surface area contributed by atoms with Crippen LogP contribution in [-0.2, 0) is 54.2 Å². The normalized spacial score (nSPS) is 29.8. The molecular formula is C24H37N4O19P3. The molecule has 2 aromatic rings. The largest absolute Gasteiger partial charge is 0.506 e. The highest BCUT2D eigenvalue weighted by atomic mass is 31.3. The van der Waals surface area contributed by atoms with Crippen molar-refractivity contribution < 1.29 is 81.1 Å². The van der Waals surface area contributed by atoms with Gasteiger partial charge in [-0.05, 0) is 20.8 Å². The van der Waals surface area contributed by atoms with Crippen molar-refractivity contribution in [1.29, 1.82) is 0 Å². The van der Waals surface area contributed by atoms with Gasteiger partial charge in [0.25, 0.3) is 5.56 Å². The summed E-state index contributed by atoms with van der Waals surface area (Å²) in [6.45, 7) is 2.19. The summed E-state index contributed by atoms with van der Waals surface area (Å²) < 4.78 is 66.6. The number of aryl methyl sites for hydroxylation is 2. The van der Waals surface area contributed by atoms with Crippen molar-refractivity contribution in [3.8, 4) is 5.75 Å². The second-order valence-electron chi connectivity index (χ2n) is 11.4. The highest BCUT2D eigenvalue weighted by Gasteiger charge is 2.48. The van der Waals surface area contributed by atoms with E-state index in [0.717, 1.165) is 4.57 Å². The Morgan fingerprint density at radius 3 is 2.38 bits per heavy atom. The highest BCUT2D eigenvalue weighted by Crippen LogP contribution is 2.61. The molecule has 50 heavy (non-hydrogen) atoms. The van der Waals surface area contributed by atoms with Crippen LogP contribution in [-0.4, -0.2) is 104 Å². The zero-order valence-electron chi connectivity index (χ0n) is 26.4. The molecule has 2 aliphatic heterocycles. The predicted molar refractivity (Wildman–Crippen MR) is 163 cm³/mol. The molecule has 282 valence electrons. The minimum atomic E-state index is -5.62. The summed E-state index contributed by atoms with van der Waals surface area (Å²) in [6, 6.07) is -1.43. The Bertz CT molecular complexity index is 1800. The first-order chi connectivity index (χ1) is 23.1. The number of hydrogen-bond acceptors (Lipinski definition) is 17. The van der Waals surface area contributed by atoms with Crippen molar-refractivity contribution in [3.05, 3.63) is 55.6 Å². The van der Waals surface area contributed by atoms with E-state index in [9.17, 15) is 53.5 Å². The number of phosphoric ester groups is 3. The predicted octanol–water partition coefficient (Wildman–Crippen LogP) is -1.61. The molecule has 10 N–H and O–H groups in total. The number of aromatic hydroxyl groups is 1. The van der Waals surface area contributed by atoms with Gasteiger partial charge in [0.05, 0.1) is 43.3 Å². The number of aromatic nitrogens is 3. The second kappa shape index (κ2) is 15.8. The standard InChI is InChI=1S/C24H37N4O19P3/c1-10-7-28(24(34)27-22(10)33)17-4-15(29)16(45-17)9-43-49(38,39)47-50(40,41)46-23-21(32)18(20(31)12(3)44-23)26-6-14-13(8-42-48(35,36)37)5-25-11(2)19(14)30/h5,7,12,15-18,20-21,23,26,29-32H,4,6,8-9H2,1-3H3,(H,38,39)(H,40,41)(H,27,33,34)(H2,35,36,37)/t12-,15+,16-,17-,18+,20+,21-,23-/m1/s1. The van der Waals surface area contributed by atoms with Crippen molar-refractivity contribution in [2.24, 2.45) is 0 Å². The lowest BCUT2D eigenvalue weighted by Gasteiger charge is -2.42. The van der Waals surface area contributed by atoms with Gasteiger partial charge in [0.2, 0.25) is 0 Å². The molecule has 2 aromatic heterocycles. The van der Waals surface area contributed by atoms with Crippen molar-refractivity contribution in [2.75, 3.05) is 6.61 Å². The summed E-state index contributed by atoms with van der Waals surface area (Å²) in [7, 11) is -16.0. The van der Waals surface area contributed by atoms with E-state index in [1.807, 2.05) is 0 Å². The number of H-pyrrole nitrogens is 1. The summed E-state index contributed by atoms with van der Waals surface area (Å²) >= 11 is 0. The first kappa shape index (κ1) is 40.5. The van der Waals surface area contributed by atoms with Gasteiger partial charge < -0.3 is 54.8 Å².